The van der Waals surface area contributed by atoms with E-state index in [0.717, 1.165) is 30.3 Å². The van der Waals surface area contributed by atoms with Crippen LogP contribution in [0.1, 0.15) is 24.1 Å². The molecular weight excluding hydrogens is 238 g/mol. The van der Waals surface area contributed by atoms with Crippen LogP contribution in [0.25, 0.3) is 0 Å². The molecule has 0 amide bonds. The molecule has 2 unspecified atom stereocenters. The smallest absolute Gasteiger partial charge is 0.225 e. The first-order valence-corrected chi connectivity index (χ1v) is 6.58. The van der Waals surface area contributed by atoms with Crippen LogP contribution >= 0.6 is 11.6 Å². The second kappa shape index (κ2) is 4.42. The van der Waals surface area contributed by atoms with Crippen LogP contribution in [0.5, 0.6) is 0 Å². The van der Waals surface area contributed by atoms with Crippen LogP contribution in [-0.4, -0.2) is 35.3 Å². The maximum Gasteiger partial charge on any atom is 0.225 e. The van der Waals surface area contributed by atoms with Crippen LogP contribution in [0.2, 0.25) is 0 Å². The molecule has 0 spiro atoms. The molecule has 3 heterocycles. The molecule has 2 bridgehead atoms. The minimum Gasteiger partial charge on any atom is -0.371 e. The largest absolute Gasteiger partial charge is 0.371 e. The van der Waals surface area contributed by atoms with Crippen molar-refractivity contribution in [3.63, 3.8) is 0 Å². The van der Waals surface area contributed by atoms with Gasteiger partial charge in [0.05, 0.1) is 18.1 Å². The van der Waals surface area contributed by atoms with Gasteiger partial charge in [-0.2, -0.15) is 0 Å². The Balaban J connectivity index is 1.82. The van der Waals surface area contributed by atoms with Gasteiger partial charge >= 0.3 is 0 Å². The third-order valence-electron chi connectivity index (χ3n) is 3.54. The monoisotopic (exact) mass is 253 g/mol. The van der Waals surface area contributed by atoms with Crippen LogP contribution < -0.4 is 4.90 Å². The Bertz CT molecular complexity index is 414. The van der Waals surface area contributed by atoms with Crippen molar-refractivity contribution in [2.75, 3.05) is 18.0 Å². The quantitative estimate of drug-likeness (QED) is 0.755. The minimum atomic E-state index is 0.366. The fourth-order valence-electron chi connectivity index (χ4n) is 2.54. The van der Waals surface area contributed by atoms with E-state index < -0.39 is 0 Å². The Hall–Kier alpha value is -0.870. The predicted octanol–water partition coefficient (Wildman–Crippen LogP) is 1.89. The average molecular weight is 254 g/mol. The van der Waals surface area contributed by atoms with E-state index in [9.17, 15) is 0 Å². The number of ether oxygens (including phenoxy) is 1. The van der Waals surface area contributed by atoms with Gasteiger partial charge in [-0.05, 0) is 19.8 Å². The lowest BCUT2D eigenvalue weighted by Crippen LogP contribution is -2.43. The number of rotatable bonds is 2. The summed E-state index contributed by atoms with van der Waals surface area (Å²) in [4.78, 5) is 11.2. The van der Waals surface area contributed by atoms with Crippen molar-refractivity contribution < 1.29 is 4.74 Å². The first-order chi connectivity index (χ1) is 8.26. The third-order valence-corrected chi connectivity index (χ3v) is 3.83. The Kier molecular flexibility index (Phi) is 2.92. The van der Waals surface area contributed by atoms with Crippen molar-refractivity contribution in [3.8, 4) is 0 Å². The van der Waals surface area contributed by atoms with E-state index in [1.54, 1.807) is 0 Å². The molecular formula is C12H16ClN3O. The highest BCUT2D eigenvalue weighted by Crippen LogP contribution is 2.28. The van der Waals surface area contributed by atoms with E-state index in [4.69, 9.17) is 16.3 Å². The van der Waals surface area contributed by atoms with Gasteiger partial charge in [0, 0.05) is 30.5 Å². The standard InChI is InChI=1S/C12H16ClN3O/c1-8-9(4-13)5-14-12(15-8)16-6-10-2-3-11(7-16)17-10/h5,10-11H,2-4,6-7H2,1H3. The van der Waals surface area contributed by atoms with Crippen molar-refractivity contribution in [1.82, 2.24) is 9.97 Å². The summed E-state index contributed by atoms with van der Waals surface area (Å²) in [5.74, 6) is 1.29. The molecule has 92 valence electrons. The highest BCUT2D eigenvalue weighted by atomic mass is 35.5. The topological polar surface area (TPSA) is 38.2 Å². The molecule has 4 nitrogen and oxygen atoms in total. The molecule has 3 rings (SSSR count). The van der Waals surface area contributed by atoms with Crippen molar-refractivity contribution in [2.45, 2.75) is 37.9 Å². The summed E-state index contributed by atoms with van der Waals surface area (Å²) in [5, 5.41) is 0. The van der Waals surface area contributed by atoms with Gasteiger partial charge in [-0.3, -0.25) is 0 Å². The molecule has 1 aromatic rings. The zero-order chi connectivity index (χ0) is 11.8. The normalized spacial score (nSPS) is 27.5. The summed E-state index contributed by atoms with van der Waals surface area (Å²) in [6.45, 7) is 3.81. The van der Waals surface area contributed by atoms with Gasteiger partial charge in [-0.25, -0.2) is 9.97 Å². The number of morpholine rings is 1. The Morgan fingerprint density at radius 2 is 2.12 bits per heavy atom. The number of fused-ring (bicyclic) bond motifs is 2. The second-order valence-electron chi connectivity index (χ2n) is 4.78. The van der Waals surface area contributed by atoms with Gasteiger partial charge in [0.2, 0.25) is 5.95 Å². The van der Waals surface area contributed by atoms with E-state index in [-0.39, 0.29) is 0 Å². The van der Waals surface area contributed by atoms with Gasteiger partial charge in [-0.1, -0.05) is 0 Å². The summed E-state index contributed by atoms with van der Waals surface area (Å²) >= 11 is 5.81. The maximum absolute atomic E-state index is 5.81. The van der Waals surface area contributed by atoms with Crippen molar-refractivity contribution in [3.05, 3.63) is 17.5 Å². The zero-order valence-electron chi connectivity index (χ0n) is 9.90. The Morgan fingerprint density at radius 1 is 1.41 bits per heavy atom. The number of aromatic nitrogens is 2. The van der Waals surface area contributed by atoms with Gasteiger partial charge in [-0.15, -0.1) is 11.6 Å². The summed E-state index contributed by atoms with van der Waals surface area (Å²) in [6, 6.07) is 0. The lowest BCUT2D eigenvalue weighted by Gasteiger charge is -2.32. The molecule has 5 heteroatoms. The van der Waals surface area contributed by atoms with E-state index >= 15 is 0 Å². The summed E-state index contributed by atoms with van der Waals surface area (Å²) in [6.07, 6.45) is 4.90. The number of nitrogens with zero attached hydrogens (tertiary/aromatic N) is 3. The molecule has 2 aliphatic heterocycles. The molecule has 2 fully saturated rings. The van der Waals surface area contributed by atoms with Gasteiger partial charge in [0.15, 0.2) is 0 Å². The van der Waals surface area contributed by atoms with Crippen molar-refractivity contribution in [2.24, 2.45) is 0 Å². The SMILES string of the molecule is Cc1nc(N2CC3CCC(C2)O3)ncc1CCl. The van der Waals surface area contributed by atoms with E-state index in [2.05, 4.69) is 14.9 Å². The van der Waals surface area contributed by atoms with E-state index in [1.165, 1.54) is 12.8 Å². The highest BCUT2D eigenvalue weighted by Gasteiger charge is 2.34. The number of halogens is 1. The predicted molar refractivity (Wildman–Crippen MR) is 66.4 cm³/mol. The third kappa shape index (κ3) is 2.11. The van der Waals surface area contributed by atoms with Crippen LogP contribution in [0.15, 0.2) is 6.20 Å². The van der Waals surface area contributed by atoms with Crippen LogP contribution in [0.4, 0.5) is 5.95 Å². The maximum atomic E-state index is 5.81. The first kappa shape index (κ1) is 11.2. The summed E-state index contributed by atoms with van der Waals surface area (Å²) in [7, 11) is 0. The molecule has 1 aromatic heterocycles. The molecule has 0 aromatic carbocycles. The van der Waals surface area contributed by atoms with Gasteiger partial charge in [0.25, 0.3) is 0 Å². The van der Waals surface area contributed by atoms with Crippen molar-refractivity contribution in [1.29, 1.82) is 0 Å². The van der Waals surface area contributed by atoms with Crippen LogP contribution in [0.3, 0.4) is 0 Å². The van der Waals surface area contributed by atoms with Gasteiger partial charge in [0.1, 0.15) is 0 Å². The molecule has 2 saturated heterocycles. The highest BCUT2D eigenvalue weighted by molar-refractivity contribution is 6.17. The summed E-state index contributed by atoms with van der Waals surface area (Å²) in [5.41, 5.74) is 1.98. The number of alkyl halides is 1. The molecule has 17 heavy (non-hydrogen) atoms. The Morgan fingerprint density at radius 3 is 2.71 bits per heavy atom. The number of anilines is 1. The number of hydrogen-bond acceptors (Lipinski definition) is 4. The van der Waals surface area contributed by atoms with E-state index in [1.807, 2.05) is 13.1 Å². The molecule has 0 radical (unpaired) electrons. The molecule has 0 N–H and O–H groups in total. The average Bonchev–Trinajstić information content (AvgIpc) is 2.68. The second-order valence-corrected chi connectivity index (χ2v) is 5.04. The molecule has 2 atom stereocenters. The fourth-order valence-corrected chi connectivity index (χ4v) is 2.80. The van der Waals surface area contributed by atoms with Crippen molar-refractivity contribution >= 4 is 17.5 Å². The van der Waals surface area contributed by atoms with E-state index in [0.29, 0.717) is 18.1 Å². The summed E-state index contributed by atoms with van der Waals surface area (Å²) < 4.78 is 5.81. The Labute approximate surface area is 106 Å². The first-order valence-electron chi connectivity index (χ1n) is 6.05. The molecule has 0 saturated carbocycles. The molecule has 2 aliphatic rings. The lowest BCUT2D eigenvalue weighted by atomic mass is 10.2. The fraction of sp³-hybridized carbons (Fsp3) is 0.667. The molecule has 0 aliphatic carbocycles. The number of hydrogen-bond donors (Lipinski definition) is 0. The number of aryl methyl sites for hydroxylation is 1. The van der Waals surface area contributed by atoms with Gasteiger partial charge < -0.3 is 9.64 Å². The lowest BCUT2D eigenvalue weighted by molar-refractivity contribution is 0.0299. The minimum absolute atomic E-state index is 0.366. The van der Waals surface area contributed by atoms with Crippen LogP contribution in [0, 0.1) is 6.92 Å². The zero-order valence-corrected chi connectivity index (χ0v) is 10.7. The van der Waals surface area contributed by atoms with Crippen LogP contribution in [-0.2, 0) is 10.6 Å².